The van der Waals surface area contributed by atoms with Crippen LogP contribution in [0.1, 0.15) is 16.8 Å². The van der Waals surface area contributed by atoms with Crippen LogP contribution in [0.3, 0.4) is 0 Å². The van der Waals surface area contributed by atoms with Crippen molar-refractivity contribution >= 4 is 27.5 Å². The van der Waals surface area contributed by atoms with Crippen molar-refractivity contribution in [1.29, 1.82) is 0 Å². The van der Waals surface area contributed by atoms with Crippen molar-refractivity contribution in [2.24, 2.45) is 0 Å². The van der Waals surface area contributed by atoms with Gasteiger partial charge in [-0.05, 0) is 30.3 Å². The molecular weight excluding hydrogens is 410 g/mol. The third kappa shape index (κ3) is 5.35. The smallest absolute Gasteiger partial charge is 0.251 e. The Balaban J connectivity index is 1.60. The van der Waals surface area contributed by atoms with Crippen molar-refractivity contribution < 1.29 is 27.9 Å². The molecule has 0 aromatic heterocycles. The SMILES string of the molecule is O=C(CCNC(=O)c1ccccc1)Nc1cc(S(=O)(=O)N2CCOCC2)ccc1O. The number of hydrogen-bond acceptors (Lipinski definition) is 6. The van der Waals surface area contributed by atoms with Gasteiger partial charge in [0.05, 0.1) is 23.8 Å². The van der Waals surface area contributed by atoms with E-state index in [1.165, 1.54) is 22.5 Å². The number of anilines is 1. The molecule has 0 saturated carbocycles. The van der Waals surface area contributed by atoms with E-state index in [4.69, 9.17) is 4.74 Å². The van der Waals surface area contributed by atoms with Crippen molar-refractivity contribution in [3.8, 4) is 5.75 Å². The molecule has 3 rings (SSSR count). The second kappa shape index (κ2) is 9.70. The fraction of sp³-hybridized carbons (Fsp3) is 0.300. The number of nitrogens with one attached hydrogen (secondary N) is 2. The van der Waals surface area contributed by atoms with Crippen LogP contribution in [-0.4, -0.2) is 62.5 Å². The molecule has 160 valence electrons. The molecule has 0 bridgehead atoms. The summed E-state index contributed by atoms with van der Waals surface area (Å²) < 4.78 is 32.0. The van der Waals surface area contributed by atoms with Gasteiger partial charge in [-0.25, -0.2) is 8.42 Å². The second-order valence-corrected chi connectivity index (χ2v) is 8.55. The Labute approximate surface area is 174 Å². The number of carbonyl (C=O) groups excluding carboxylic acids is 2. The Kier molecular flexibility index (Phi) is 7.03. The first-order chi connectivity index (χ1) is 14.4. The molecule has 2 aromatic rings. The first-order valence-corrected chi connectivity index (χ1v) is 10.9. The zero-order valence-corrected chi connectivity index (χ0v) is 17.0. The van der Waals surface area contributed by atoms with Crippen LogP contribution in [0.25, 0.3) is 0 Å². The Hall–Kier alpha value is -2.95. The molecule has 1 fully saturated rings. The summed E-state index contributed by atoms with van der Waals surface area (Å²) in [5, 5.41) is 15.1. The van der Waals surface area contributed by atoms with Crippen LogP contribution in [-0.2, 0) is 19.6 Å². The average Bonchev–Trinajstić information content (AvgIpc) is 2.76. The van der Waals surface area contributed by atoms with E-state index in [1.807, 2.05) is 0 Å². The quantitative estimate of drug-likeness (QED) is 0.563. The lowest BCUT2D eigenvalue weighted by molar-refractivity contribution is -0.116. The molecule has 0 radical (unpaired) electrons. The highest BCUT2D eigenvalue weighted by Gasteiger charge is 2.27. The Morgan fingerprint density at radius 3 is 2.47 bits per heavy atom. The first kappa shape index (κ1) is 21.8. The van der Waals surface area contributed by atoms with E-state index in [-0.39, 0.29) is 48.3 Å². The fourth-order valence-corrected chi connectivity index (χ4v) is 4.34. The maximum Gasteiger partial charge on any atom is 0.251 e. The third-order valence-corrected chi connectivity index (χ3v) is 6.42. The lowest BCUT2D eigenvalue weighted by atomic mass is 10.2. The Morgan fingerprint density at radius 1 is 1.07 bits per heavy atom. The van der Waals surface area contributed by atoms with Gasteiger partial charge in [0.1, 0.15) is 5.75 Å². The number of sulfonamides is 1. The molecule has 0 unspecified atom stereocenters. The van der Waals surface area contributed by atoms with E-state index in [1.54, 1.807) is 30.3 Å². The van der Waals surface area contributed by atoms with E-state index in [0.717, 1.165) is 0 Å². The minimum atomic E-state index is -3.76. The number of aromatic hydroxyl groups is 1. The minimum absolute atomic E-state index is 0.0104. The van der Waals surface area contributed by atoms with Gasteiger partial charge in [-0.15, -0.1) is 0 Å². The van der Waals surface area contributed by atoms with Crippen molar-refractivity contribution in [2.45, 2.75) is 11.3 Å². The van der Waals surface area contributed by atoms with E-state index in [9.17, 15) is 23.1 Å². The molecule has 0 aliphatic carbocycles. The Bertz CT molecular complexity index is 1000. The van der Waals surface area contributed by atoms with Crippen LogP contribution >= 0.6 is 0 Å². The van der Waals surface area contributed by atoms with Gasteiger partial charge in [0.15, 0.2) is 0 Å². The summed E-state index contributed by atoms with van der Waals surface area (Å²) in [4.78, 5) is 24.1. The fourth-order valence-electron chi connectivity index (χ4n) is 2.91. The molecule has 2 amide bonds. The zero-order chi connectivity index (χ0) is 21.6. The summed E-state index contributed by atoms with van der Waals surface area (Å²) in [5.74, 6) is -1.03. The Morgan fingerprint density at radius 2 is 1.77 bits per heavy atom. The van der Waals surface area contributed by atoms with E-state index < -0.39 is 15.9 Å². The number of amides is 2. The van der Waals surface area contributed by atoms with Gasteiger partial charge in [-0.3, -0.25) is 9.59 Å². The van der Waals surface area contributed by atoms with Crippen LogP contribution in [0.15, 0.2) is 53.4 Å². The monoisotopic (exact) mass is 433 g/mol. The summed E-state index contributed by atoms with van der Waals surface area (Å²) in [5.41, 5.74) is 0.472. The number of nitrogens with zero attached hydrogens (tertiary/aromatic N) is 1. The number of phenols is 1. The van der Waals surface area contributed by atoms with Crippen LogP contribution < -0.4 is 10.6 Å². The molecule has 0 atom stereocenters. The average molecular weight is 433 g/mol. The largest absolute Gasteiger partial charge is 0.506 e. The lowest BCUT2D eigenvalue weighted by Gasteiger charge is -2.26. The maximum absolute atomic E-state index is 12.7. The molecular formula is C20H23N3O6S. The number of phenolic OH excluding ortho intramolecular Hbond substituents is 1. The van der Waals surface area contributed by atoms with Crippen molar-refractivity contribution in [3.05, 3.63) is 54.1 Å². The molecule has 1 aliphatic rings. The van der Waals surface area contributed by atoms with Crippen LogP contribution in [0.4, 0.5) is 5.69 Å². The summed E-state index contributed by atoms with van der Waals surface area (Å²) in [6.45, 7) is 1.20. The third-order valence-electron chi connectivity index (χ3n) is 4.52. The number of ether oxygens (including phenoxy) is 1. The summed E-state index contributed by atoms with van der Waals surface area (Å²) in [7, 11) is -3.76. The molecule has 10 heteroatoms. The van der Waals surface area contributed by atoms with Crippen LogP contribution in [0, 0.1) is 0 Å². The number of hydrogen-bond donors (Lipinski definition) is 3. The van der Waals surface area contributed by atoms with Gasteiger partial charge in [-0.1, -0.05) is 18.2 Å². The molecule has 1 saturated heterocycles. The highest BCUT2D eigenvalue weighted by Crippen LogP contribution is 2.28. The second-order valence-electron chi connectivity index (χ2n) is 6.62. The van der Waals surface area contributed by atoms with Gasteiger partial charge in [-0.2, -0.15) is 4.31 Å². The molecule has 1 heterocycles. The maximum atomic E-state index is 12.7. The van der Waals surface area contributed by atoms with Gasteiger partial charge in [0.25, 0.3) is 5.91 Å². The summed E-state index contributed by atoms with van der Waals surface area (Å²) in [6, 6.07) is 12.3. The topological polar surface area (TPSA) is 125 Å². The first-order valence-electron chi connectivity index (χ1n) is 9.42. The number of carbonyl (C=O) groups is 2. The molecule has 30 heavy (non-hydrogen) atoms. The van der Waals surface area contributed by atoms with Gasteiger partial charge in [0, 0.05) is 31.6 Å². The van der Waals surface area contributed by atoms with E-state index in [0.29, 0.717) is 18.8 Å². The van der Waals surface area contributed by atoms with E-state index in [2.05, 4.69) is 10.6 Å². The normalized spacial score (nSPS) is 14.8. The highest BCUT2D eigenvalue weighted by molar-refractivity contribution is 7.89. The summed E-state index contributed by atoms with van der Waals surface area (Å²) >= 11 is 0. The van der Waals surface area contributed by atoms with Crippen LogP contribution in [0.5, 0.6) is 5.75 Å². The number of rotatable bonds is 7. The molecule has 3 N–H and O–H groups in total. The lowest BCUT2D eigenvalue weighted by Crippen LogP contribution is -2.40. The van der Waals surface area contributed by atoms with Crippen LogP contribution in [0.2, 0.25) is 0 Å². The standard InChI is InChI=1S/C20H23N3O6S/c24-18-7-6-16(30(27,28)23-10-12-29-13-11-23)14-17(18)22-19(25)8-9-21-20(26)15-4-2-1-3-5-15/h1-7,14,24H,8-13H2,(H,21,26)(H,22,25). The van der Waals surface area contributed by atoms with Crippen molar-refractivity contribution in [3.63, 3.8) is 0 Å². The van der Waals surface area contributed by atoms with Gasteiger partial charge < -0.3 is 20.5 Å². The van der Waals surface area contributed by atoms with E-state index >= 15 is 0 Å². The van der Waals surface area contributed by atoms with Gasteiger partial charge >= 0.3 is 0 Å². The number of morpholine rings is 1. The molecule has 1 aliphatic heterocycles. The zero-order valence-electron chi connectivity index (χ0n) is 16.2. The van der Waals surface area contributed by atoms with Crippen molar-refractivity contribution in [1.82, 2.24) is 9.62 Å². The minimum Gasteiger partial charge on any atom is -0.506 e. The summed E-state index contributed by atoms with van der Waals surface area (Å²) in [6.07, 6.45) is -0.0432. The molecule has 0 spiro atoms. The number of benzene rings is 2. The highest BCUT2D eigenvalue weighted by atomic mass is 32.2. The predicted molar refractivity (Wildman–Crippen MR) is 110 cm³/mol. The molecule has 2 aromatic carbocycles. The predicted octanol–water partition coefficient (Wildman–Crippen LogP) is 1.17. The van der Waals surface area contributed by atoms with Crippen molar-refractivity contribution in [2.75, 3.05) is 38.2 Å². The van der Waals surface area contributed by atoms with Gasteiger partial charge in [0.2, 0.25) is 15.9 Å². The molecule has 9 nitrogen and oxygen atoms in total.